The molecule has 2 rings (SSSR count). The first-order valence-electron chi connectivity index (χ1n) is 6.53. The maximum absolute atomic E-state index is 13.5. The van der Waals surface area contributed by atoms with Gasteiger partial charge in [0.1, 0.15) is 11.6 Å². The number of hydrogen-bond acceptors (Lipinski definition) is 1. The monoisotopic (exact) mass is 290 g/mol. The molecule has 0 aliphatic rings. The molecule has 0 aliphatic carbocycles. The zero-order valence-corrected chi connectivity index (χ0v) is 11.6. The Kier molecular flexibility index (Phi) is 4.87. The average molecular weight is 290 g/mol. The molecule has 0 saturated heterocycles. The van der Waals surface area contributed by atoms with Crippen LogP contribution in [0.15, 0.2) is 48.5 Å². The summed E-state index contributed by atoms with van der Waals surface area (Å²) in [6.45, 7) is 0.475. The molecule has 5 heteroatoms. The van der Waals surface area contributed by atoms with Crippen LogP contribution in [0, 0.1) is 11.6 Å². The molecule has 2 amide bonds. The van der Waals surface area contributed by atoms with Crippen LogP contribution in [0.3, 0.4) is 0 Å². The highest BCUT2D eigenvalue weighted by molar-refractivity contribution is 5.73. The number of urea groups is 1. The van der Waals surface area contributed by atoms with E-state index < -0.39 is 11.6 Å². The number of carbonyl (C=O) groups is 1. The highest BCUT2D eigenvalue weighted by Gasteiger charge is 2.11. The van der Waals surface area contributed by atoms with Gasteiger partial charge in [0.2, 0.25) is 0 Å². The van der Waals surface area contributed by atoms with Crippen molar-refractivity contribution in [2.45, 2.75) is 13.1 Å². The van der Waals surface area contributed by atoms with Gasteiger partial charge in [-0.15, -0.1) is 0 Å². The number of carbonyl (C=O) groups excluding carboxylic acids is 1. The lowest BCUT2D eigenvalue weighted by Crippen LogP contribution is -2.36. The van der Waals surface area contributed by atoms with Crippen molar-refractivity contribution >= 4 is 6.03 Å². The summed E-state index contributed by atoms with van der Waals surface area (Å²) in [5.74, 6) is -1.29. The van der Waals surface area contributed by atoms with Crippen molar-refractivity contribution in [1.82, 2.24) is 10.2 Å². The highest BCUT2D eigenvalue weighted by atomic mass is 19.1. The zero-order valence-electron chi connectivity index (χ0n) is 11.6. The Balaban J connectivity index is 1.90. The third-order valence-electron chi connectivity index (χ3n) is 3.06. The van der Waals surface area contributed by atoms with E-state index in [1.54, 1.807) is 7.05 Å². The normalized spacial score (nSPS) is 10.2. The summed E-state index contributed by atoms with van der Waals surface area (Å²) in [4.78, 5) is 13.3. The maximum atomic E-state index is 13.5. The number of benzene rings is 2. The first-order chi connectivity index (χ1) is 10.1. The number of nitrogens with one attached hydrogen (secondary N) is 1. The van der Waals surface area contributed by atoms with E-state index in [1.807, 2.05) is 30.3 Å². The second-order valence-corrected chi connectivity index (χ2v) is 4.74. The molecule has 0 bridgehead atoms. The maximum Gasteiger partial charge on any atom is 0.317 e. The summed E-state index contributed by atoms with van der Waals surface area (Å²) in [6, 6.07) is 12.5. The second-order valence-electron chi connectivity index (χ2n) is 4.74. The van der Waals surface area contributed by atoms with Crippen LogP contribution < -0.4 is 5.32 Å². The molecule has 0 unspecified atom stereocenters. The van der Waals surface area contributed by atoms with E-state index in [4.69, 9.17) is 0 Å². The van der Waals surface area contributed by atoms with Gasteiger partial charge in [-0.1, -0.05) is 36.4 Å². The SMILES string of the molecule is CN(Cc1ccc(F)cc1F)C(=O)NCc1ccccc1. The number of halogens is 2. The zero-order chi connectivity index (χ0) is 15.2. The van der Waals surface area contributed by atoms with Crippen LogP contribution in [0.25, 0.3) is 0 Å². The molecule has 0 spiro atoms. The topological polar surface area (TPSA) is 32.3 Å². The summed E-state index contributed by atoms with van der Waals surface area (Å²) in [5, 5.41) is 2.74. The largest absolute Gasteiger partial charge is 0.334 e. The highest BCUT2D eigenvalue weighted by Crippen LogP contribution is 2.11. The average Bonchev–Trinajstić information content (AvgIpc) is 2.48. The van der Waals surface area contributed by atoms with Crippen molar-refractivity contribution in [3.63, 3.8) is 0 Å². The summed E-state index contributed by atoms with van der Waals surface area (Å²) in [6.07, 6.45) is 0. The van der Waals surface area contributed by atoms with E-state index in [0.29, 0.717) is 6.54 Å². The second kappa shape index (κ2) is 6.83. The van der Waals surface area contributed by atoms with Gasteiger partial charge in [0, 0.05) is 31.8 Å². The molecule has 0 heterocycles. The van der Waals surface area contributed by atoms with Gasteiger partial charge in [-0.3, -0.25) is 0 Å². The number of amides is 2. The Morgan fingerprint density at radius 1 is 1.14 bits per heavy atom. The minimum Gasteiger partial charge on any atom is -0.334 e. The van der Waals surface area contributed by atoms with Crippen molar-refractivity contribution in [2.24, 2.45) is 0 Å². The van der Waals surface area contributed by atoms with Crippen molar-refractivity contribution < 1.29 is 13.6 Å². The van der Waals surface area contributed by atoms with Gasteiger partial charge < -0.3 is 10.2 Å². The Morgan fingerprint density at radius 2 is 1.86 bits per heavy atom. The fourth-order valence-corrected chi connectivity index (χ4v) is 1.89. The van der Waals surface area contributed by atoms with E-state index >= 15 is 0 Å². The fourth-order valence-electron chi connectivity index (χ4n) is 1.89. The van der Waals surface area contributed by atoms with Crippen molar-refractivity contribution in [1.29, 1.82) is 0 Å². The number of hydrogen-bond donors (Lipinski definition) is 1. The molecular weight excluding hydrogens is 274 g/mol. The lowest BCUT2D eigenvalue weighted by Gasteiger charge is -2.18. The molecule has 0 fully saturated rings. The molecule has 1 N–H and O–H groups in total. The Hall–Kier alpha value is -2.43. The van der Waals surface area contributed by atoms with Crippen LogP contribution in [-0.2, 0) is 13.1 Å². The fraction of sp³-hybridized carbons (Fsp3) is 0.188. The standard InChI is InChI=1S/C16H16F2N2O/c1-20(11-13-7-8-14(17)9-15(13)18)16(21)19-10-12-5-3-2-4-6-12/h2-9H,10-11H2,1H3,(H,19,21). The third kappa shape index (κ3) is 4.27. The summed E-state index contributed by atoms with van der Waals surface area (Å²) >= 11 is 0. The van der Waals surface area contributed by atoms with Crippen molar-refractivity contribution in [3.05, 3.63) is 71.3 Å². The van der Waals surface area contributed by atoms with E-state index in [2.05, 4.69) is 5.32 Å². The first-order valence-corrected chi connectivity index (χ1v) is 6.53. The quantitative estimate of drug-likeness (QED) is 0.920. The van der Waals surface area contributed by atoms with Gasteiger partial charge in [0.05, 0.1) is 0 Å². The summed E-state index contributed by atoms with van der Waals surface area (Å²) in [5.41, 5.74) is 1.25. The van der Waals surface area contributed by atoms with Crippen LogP contribution >= 0.6 is 0 Å². The van der Waals surface area contributed by atoms with E-state index in [9.17, 15) is 13.6 Å². The molecule has 0 atom stereocenters. The summed E-state index contributed by atoms with van der Waals surface area (Å²) in [7, 11) is 1.56. The van der Waals surface area contributed by atoms with Gasteiger partial charge in [-0.2, -0.15) is 0 Å². The molecule has 0 aromatic heterocycles. The molecule has 2 aromatic carbocycles. The van der Waals surface area contributed by atoms with Gasteiger partial charge in [-0.05, 0) is 11.6 Å². The minimum atomic E-state index is -0.655. The molecule has 0 radical (unpaired) electrons. The van der Waals surface area contributed by atoms with Gasteiger partial charge in [0.25, 0.3) is 0 Å². The molecule has 3 nitrogen and oxygen atoms in total. The van der Waals surface area contributed by atoms with Gasteiger partial charge >= 0.3 is 6.03 Å². The molecular formula is C16H16F2N2O. The Morgan fingerprint density at radius 3 is 2.52 bits per heavy atom. The van der Waals surface area contributed by atoms with Crippen LogP contribution in [-0.4, -0.2) is 18.0 Å². The van der Waals surface area contributed by atoms with Crippen LogP contribution in [0.2, 0.25) is 0 Å². The van der Waals surface area contributed by atoms with Crippen molar-refractivity contribution in [3.8, 4) is 0 Å². The van der Waals surface area contributed by atoms with E-state index in [1.165, 1.54) is 17.0 Å². The Bertz CT molecular complexity index is 617. The Labute approximate surface area is 122 Å². The first kappa shape index (κ1) is 15.0. The predicted octanol–water partition coefficient (Wildman–Crippen LogP) is 3.31. The van der Waals surface area contributed by atoms with Crippen molar-refractivity contribution in [2.75, 3.05) is 7.05 Å². The smallest absolute Gasteiger partial charge is 0.317 e. The third-order valence-corrected chi connectivity index (χ3v) is 3.06. The molecule has 0 aliphatic heterocycles. The van der Waals surface area contributed by atoms with Crippen LogP contribution in [0.5, 0.6) is 0 Å². The molecule has 0 saturated carbocycles. The molecule has 21 heavy (non-hydrogen) atoms. The van der Waals surface area contributed by atoms with E-state index in [-0.39, 0.29) is 18.1 Å². The molecule has 2 aromatic rings. The minimum absolute atomic E-state index is 0.0761. The van der Waals surface area contributed by atoms with Crippen LogP contribution in [0.4, 0.5) is 13.6 Å². The predicted molar refractivity (Wildman–Crippen MR) is 76.5 cm³/mol. The van der Waals surface area contributed by atoms with Crippen LogP contribution in [0.1, 0.15) is 11.1 Å². The lowest BCUT2D eigenvalue weighted by atomic mass is 10.2. The number of rotatable bonds is 4. The molecule has 110 valence electrons. The van der Waals surface area contributed by atoms with Gasteiger partial charge in [-0.25, -0.2) is 13.6 Å². The summed E-state index contributed by atoms with van der Waals surface area (Å²) < 4.78 is 26.3. The van der Waals surface area contributed by atoms with Gasteiger partial charge in [0.15, 0.2) is 0 Å². The number of nitrogens with zero attached hydrogens (tertiary/aromatic N) is 1. The lowest BCUT2D eigenvalue weighted by molar-refractivity contribution is 0.206. The van der Waals surface area contributed by atoms with E-state index in [0.717, 1.165) is 11.6 Å².